The number of fused-ring (bicyclic) bond motifs is 1. The topological polar surface area (TPSA) is 47.2 Å². The molecule has 0 aliphatic heterocycles. The Morgan fingerprint density at radius 1 is 1.41 bits per heavy atom. The van der Waals surface area contributed by atoms with Crippen molar-refractivity contribution in [3.63, 3.8) is 0 Å². The number of nitrogens with zero attached hydrogens (tertiary/aromatic N) is 1. The Hall–Kier alpha value is -1.55. The van der Waals surface area contributed by atoms with Gasteiger partial charge in [-0.2, -0.15) is 0 Å². The molecule has 0 aliphatic carbocycles. The Kier molecular flexibility index (Phi) is 3.33. The summed E-state index contributed by atoms with van der Waals surface area (Å²) >= 11 is 0. The fourth-order valence-electron chi connectivity index (χ4n) is 1.99. The van der Waals surface area contributed by atoms with Crippen LogP contribution >= 0.6 is 0 Å². The number of benzene rings is 1. The second-order valence-corrected chi connectivity index (χ2v) is 4.49. The summed E-state index contributed by atoms with van der Waals surface area (Å²) in [6, 6.07) is 6.04. The minimum Gasteiger partial charge on any atom is -0.408 e. The van der Waals surface area contributed by atoms with Crippen LogP contribution in [0.4, 0.5) is 0 Å². The summed E-state index contributed by atoms with van der Waals surface area (Å²) in [7, 11) is 1.93. The predicted molar refractivity (Wildman–Crippen MR) is 68.5 cm³/mol. The third-order valence-electron chi connectivity index (χ3n) is 2.86. The first-order valence-corrected chi connectivity index (χ1v) is 5.92. The van der Waals surface area contributed by atoms with E-state index in [2.05, 4.69) is 5.32 Å². The van der Waals surface area contributed by atoms with Gasteiger partial charge in [0.25, 0.3) is 0 Å². The van der Waals surface area contributed by atoms with E-state index in [0.717, 1.165) is 18.5 Å². The van der Waals surface area contributed by atoms with Crippen molar-refractivity contribution in [1.29, 1.82) is 0 Å². The summed E-state index contributed by atoms with van der Waals surface area (Å²) < 4.78 is 6.90. The van der Waals surface area contributed by atoms with Crippen LogP contribution in [0.2, 0.25) is 0 Å². The van der Waals surface area contributed by atoms with Crippen LogP contribution in [0.5, 0.6) is 0 Å². The van der Waals surface area contributed by atoms with Gasteiger partial charge in [-0.3, -0.25) is 4.57 Å². The lowest BCUT2D eigenvalue weighted by atomic mass is 10.1. The summed E-state index contributed by atoms with van der Waals surface area (Å²) in [5.41, 5.74) is 2.76. The summed E-state index contributed by atoms with van der Waals surface area (Å²) in [5.74, 6) is -0.277. The minimum absolute atomic E-state index is 0.114. The van der Waals surface area contributed by atoms with Crippen LogP contribution in [0, 0.1) is 0 Å². The molecule has 0 unspecified atom stereocenters. The molecule has 1 aromatic carbocycles. The standard InChI is InChI=1S/C13H18N2O2/c1-9(2)15-11-8-10(6-7-14-3)4-5-12(11)17-13(15)16/h4-5,8-9,14H,6-7H2,1-3H3. The van der Waals surface area contributed by atoms with Crippen LogP contribution in [0.15, 0.2) is 27.4 Å². The van der Waals surface area contributed by atoms with Crippen LogP contribution in [0.1, 0.15) is 25.5 Å². The average molecular weight is 234 g/mol. The Balaban J connectivity index is 2.51. The van der Waals surface area contributed by atoms with Crippen molar-refractivity contribution in [2.45, 2.75) is 26.3 Å². The van der Waals surface area contributed by atoms with Gasteiger partial charge in [-0.1, -0.05) is 6.07 Å². The molecule has 0 fully saturated rings. The molecule has 4 nitrogen and oxygen atoms in total. The van der Waals surface area contributed by atoms with Crippen LogP contribution in [0.3, 0.4) is 0 Å². The Labute approximate surface area is 100 Å². The zero-order chi connectivity index (χ0) is 12.4. The monoisotopic (exact) mass is 234 g/mol. The lowest BCUT2D eigenvalue weighted by Crippen LogP contribution is -2.16. The fraction of sp³-hybridized carbons (Fsp3) is 0.462. The Morgan fingerprint density at radius 2 is 2.18 bits per heavy atom. The van der Waals surface area contributed by atoms with Gasteiger partial charge >= 0.3 is 5.76 Å². The number of aromatic nitrogens is 1. The van der Waals surface area contributed by atoms with E-state index in [1.54, 1.807) is 4.57 Å². The van der Waals surface area contributed by atoms with Gasteiger partial charge in [0.1, 0.15) is 0 Å². The number of hydrogen-bond acceptors (Lipinski definition) is 3. The van der Waals surface area contributed by atoms with Crippen molar-refractivity contribution in [2.24, 2.45) is 0 Å². The van der Waals surface area contributed by atoms with Crippen molar-refractivity contribution in [3.8, 4) is 0 Å². The number of oxazole rings is 1. The van der Waals surface area contributed by atoms with Crippen molar-refractivity contribution >= 4 is 11.1 Å². The molecule has 92 valence electrons. The molecule has 1 aromatic heterocycles. The molecule has 0 spiro atoms. The Morgan fingerprint density at radius 3 is 2.82 bits per heavy atom. The highest BCUT2D eigenvalue weighted by Crippen LogP contribution is 2.18. The molecule has 2 aromatic rings. The van der Waals surface area contributed by atoms with E-state index in [1.165, 1.54) is 5.56 Å². The van der Waals surface area contributed by atoms with Gasteiger partial charge in [0.15, 0.2) is 5.58 Å². The largest absolute Gasteiger partial charge is 0.420 e. The van der Waals surface area contributed by atoms with Gasteiger partial charge in [0.05, 0.1) is 5.52 Å². The molecule has 17 heavy (non-hydrogen) atoms. The second kappa shape index (κ2) is 4.75. The molecule has 0 saturated carbocycles. The number of nitrogens with one attached hydrogen (secondary N) is 1. The van der Waals surface area contributed by atoms with E-state index in [4.69, 9.17) is 4.42 Å². The second-order valence-electron chi connectivity index (χ2n) is 4.49. The average Bonchev–Trinajstić information content (AvgIpc) is 2.61. The van der Waals surface area contributed by atoms with Gasteiger partial charge in [-0.25, -0.2) is 4.79 Å². The van der Waals surface area contributed by atoms with Crippen molar-refractivity contribution in [2.75, 3.05) is 13.6 Å². The molecule has 0 amide bonds. The number of likely N-dealkylation sites (N-methyl/N-ethyl adjacent to an activating group) is 1. The summed E-state index contributed by atoms with van der Waals surface area (Å²) in [6.07, 6.45) is 0.948. The zero-order valence-electron chi connectivity index (χ0n) is 10.5. The highest BCUT2D eigenvalue weighted by molar-refractivity contribution is 5.74. The van der Waals surface area contributed by atoms with Crippen LogP contribution in [-0.4, -0.2) is 18.2 Å². The minimum atomic E-state index is -0.277. The number of rotatable bonds is 4. The highest BCUT2D eigenvalue weighted by Gasteiger charge is 2.11. The third-order valence-corrected chi connectivity index (χ3v) is 2.86. The van der Waals surface area contributed by atoms with Crippen LogP contribution < -0.4 is 11.1 Å². The van der Waals surface area contributed by atoms with Crippen molar-refractivity contribution in [3.05, 3.63) is 34.3 Å². The lowest BCUT2D eigenvalue weighted by Gasteiger charge is -2.06. The van der Waals surface area contributed by atoms with E-state index in [-0.39, 0.29) is 11.8 Å². The maximum absolute atomic E-state index is 11.7. The van der Waals surface area contributed by atoms with Gasteiger partial charge in [0.2, 0.25) is 0 Å². The molecule has 2 rings (SSSR count). The molecule has 4 heteroatoms. The van der Waals surface area contributed by atoms with Crippen LogP contribution in [0.25, 0.3) is 11.1 Å². The van der Waals surface area contributed by atoms with E-state index >= 15 is 0 Å². The smallest absolute Gasteiger partial charge is 0.408 e. The number of hydrogen-bond donors (Lipinski definition) is 1. The molecule has 0 atom stereocenters. The molecule has 0 aliphatic rings. The van der Waals surface area contributed by atoms with E-state index < -0.39 is 0 Å². The lowest BCUT2D eigenvalue weighted by molar-refractivity contribution is 0.478. The molecule has 0 saturated heterocycles. The normalized spacial score (nSPS) is 11.5. The molecule has 1 heterocycles. The molecule has 0 bridgehead atoms. The maximum Gasteiger partial charge on any atom is 0.420 e. The van der Waals surface area contributed by atoms with Crippen LogP contribution in [-0.2, 0) is 6.42 Å². The van der Waals surface area contributed by atoms with Gasteiger partial charge in [-0.15, -0.1) is 0 Å². The van der Waals surface area contributed by atoms with E-state index in [1.807, 2.05) is 39.1 Å². The summed E-state index contributed by atoms with van der Waals surface area (Å²) in [6.45, 7) is 4.89. The molecule has 0 radical (unpaired) electrons. The summed E-state index contributed by atoms with van der Waals surface area (Å²) in [4.78, 5) is 11.7. The van der Waals surface area contributed by atoms with Gasteiger partial charge in [-0.05, 0) is 51.6 Å². The van der Waals surface area contributed by atoms with E-state index in [9.17, 15) is 4.79 Å². The SMILES string of the molecule is CNCCc1ccc2oc(=O)n(C(C)C)c2c1. The first kappa shape index (κ1) is 11.9. The molecule has 1 N–H and O–H groups in total. The fourth-order valence-corrected chi connectivity index (χ4v) is 1.99. The van der Waals surface area contributed by atoms with Crippen molar-refractivity contribution < 1.29 is 4.42 Å². The quantitative estimate of drug-likeness (QED) is 0.879. The third kappa shape index (κ3) is 2.26. The highest BCUT2D eigenvalue weighted by atomic mass is 16.4. The molecular formula is C13H18N2O2. The van der Waals surface area contributed by atoms with E-state index in [0.29, 0.717) is 5.58 Å². The van der Waals surface area contributed by atoms with Crippen molar-refractivity contribution in [1.82, 2.24) is 9.88 Å². The predicted octanol–water partition coefficient (Wildman–Crippen LogP) is 1.94. The zero-order valence-corrected chi connectivity index (χ0v) is 10.5. The van der Waals surface area contributed by atoms with Gasteiger partial charge in [0, 0.05) is 6.04 Å². The molecular weight excluding hydrogens is 216 g/mol. The summed E-state index contributed by atoms with van der Waals surface area (Å²) in [5, 5.41) is 3.11. The first-order valence-electron chi connectivity index (χ1n) is 5.92. The van der Waals surface area contributed by atoms with Gasteiger partial charge < -0.3 is 9.73 Å². The Bertz CT molecular complexity index is 566. The first-order chi connectivity index (χ1) is 8.13. The maximum atomic E-state index is 11.7.